The largest absolute Gasteiger partial charge is 0.496 e. The minimum atomic E-state index is -0.939. The number of nitrogens with one attached hydrogen (secondary N) is 1. The molecule has 0 aliphatic carbocycles. The highest BCUT2D eigenvalue weighted by atomic mass is 16.6. The van der Waals surface area contributed by atoms with Gasteiger partial charge in [-0.3, -0.25) is 19.7 Å². The molecule has 0 bridgehead atoms. The first-order valence-electron chi connectivity index (χ1n) is 5.30. The molecule has 0 atom stereocenters. The molecule has 1 N–H and O–H groups in total. The molecule has 0 saturated heterocycles. The zero-order valence-corrected chi connectivity index (χ0v) is 10.4. The molecular weight excluding hydrogens is 252 g/mol. The minimum absolute atomic E-state index is 0.0614. The van der Waals surface area contributed by atoms with Crippen molar-refractivity contribution in [2.24, 2.45) is 0 Å². The number of carbonyl (C=O) groups excluding carboxylic acids is 2. The molecule has 7 nitrogen and oxygen atoms in total. The van der Waals surface area contributed by atoms with Crippen LogP contribution in [-0.4, -0.2) is 23.7 Å². The number of ether oxygens (including phenoxy) is 1. The predicted octanol–water partition coefficient (Wildman–Crippen LogP) is 1.69. The Morgan fingerprint density at radius 2 is 2.11 bits per heavy atom. The predicted molar refractivity (Wildman–Crippen MR) is 68.1 cm³/mol. The number of nitro benzene ring substituents is 1. The summed E-state index contributed by atoms with van der Waals surface area (Å²) < 4.78 is 4.86. The van der Waals surface area contributed by atoms with Crippen LogP contribution < -0.4 is 10.1 Å². The number of ketones is 1. The summed E-state index contributed by atoms with van der Waals surface area (Å²) >= 11 is 0. The number of anilines is 1. The van der Waals surface area contributed by atoms with Crippen LogP contribution in [0.15, 0.2) is 30.4 Å². The number of allylic oxidation sites excluding steroid dienone is 1. The Kier molecular flexibility index (Phi) is 4.76. The van der Waals surface area contributed by atoms with Gasteiger partial charge in [0.1, 0.15) is 11.4 Å². The number of amides is 1. The van der Waals surface area contributed by atoms with Crippen LogP contribution in [0.1, 0.15) is 6.92 Å². The Morgan fingerprint density at radius 1 is 1.42 bits per heavy atom. The maximum Gasteiger partial charge on any atom is 0.296 e. The molecule has 0 spiro atoms. The Labute approximate surface area is 109 Å². The van der Waals surface area contributed by atoms with Crippen molar-refractivity contribution in [3.8, 4) is 5.75 Å². The molecule has 1 amide bonds. The van der Waals surface area contributed by atoms with E-state index in [1.165, 1.54) is 25.3 Å². The van der Waals surface area contributed by atoms with E-state index in [4.69, 9.17) is 4.74 Å². The normalized spacial score (nSPS) is 10.2. The summed E-state index contributed by atoms with van der Waals surface area (Å²) in [6.45, 7) is 1.58. The van der Waals surface area contributed by atoms with Gasteiger partial charge in [0.25, 0.3) is 11.6 Å². The number of carbonyl (C=O) groups is 2. The second-order valence-electron chi connectivity index (χ2n) is 3.46. The Morgan fingerprint density at radius 3 is 2.63 bits per heavy atom. The molecule has 7 heteroatoms. The first kappa shape index (κ1) is 14.4. The van der Waals surface area contributed by atoms with Gasteiger partial charge in [0.15, 0.2) is 0 Å². The van der Waals surface area contributed by atoms with Crippen LogP contribution in [0.5, 0.6) is 5.75 Å². The smallest absolute Gasteiger partial charge is 0.296 e. The number of benzene rings is 1. The molecule has 0 heterocycles. The molecule has 1 aromatic rings. The number of hydrogen-bond donors (Lipinski definition) is 1. The van der Waals surface area contributed by atoms with Crippen molar-refractivity contribution in [2.45, 2.75) is 6.92 Å². The maximum absolute atomic E-state index is 11.5. The van der Waals surface area contributed by atoms with Crippen LogP contribution in [0.3, 0.4) is 0 Å². The van der Waals surface area contributed by atoms with Crippen LogP contribution >= 0.6 is 0 Å². The SMILES string of the molecule is C/C=C/C(=O)C(=O)Nc1ccc(OC)cc1[N+](=O)[O-]. The summed E-state index contributed by atoms with van der Waals surface area (Å²) in [7, 11) is 1.37. The lowest BCUT2D eigenvalue weighted by Gasteiger charge is -2.06. The average Bonchev–Trinajstić information content (AvgIpc) is 2.39. The molecule has 0 fully saturated rings. The number of methoxy groups -OCH3 is 1. The first-order valence-corrected chi connectivity index (χ1v) is 5.30. The molecule has 0 unspecified atom stereocenters. The van der Waals surface area contributed by atoms with Crippen molar-refractivity contribution in [3.05, 3.63) is 40.5 Å². The Hall–Kier alpha value is -2.70. The fourth-order valence-electron chi connectivity index (χ4n) is 1.31. The van der Waals surface area contributed by atoms with Crippen molar-refractivity contribution >= 4 is 23.1 Å². The minimum Gasteiger partial charge on any atom is -0.496 e. The lowest BCUT2D eigenvalue weighted by atomic mass is 10.2. The third-order valence-electron chi connectivity index (χ3n) is 2.19. The summed E-state index contributed by atoms with van der Waals surface area (Å²) in [5, 5.41) is 13.1. The van der Waals surface area contributed by atoms with E-state index in [2.05, 4.69) is 5.32 Å². The van der Waals surface area contributed by atoms with E-state index in [0.29, 0.717) is 0 Å². The highest BCUT2D eigenvalue weighted by molar-refractivity contribution is 6.44. The van der Waals surface area contributed by atoms with Gasteiger partial charge in [-0.15, -0.1) is 0 Å². The number of rotatable bonds is 5. The van der Waals surface area contributed by atoms with Gasteiger partial charge in [0, 0.05) is 0 Å². The molecular formula is C12H12N2O5. The fraction of sp³-hybridized carbons (Fsp3) is 0.167. The number of nitro groups is 1. The van der Waals surface area contributed by atoms with Crippen molar-refractivity contribution in [2.75, 3.05) is 12.4 Å². The quantitative estimate of drug-likeness (QED) is 0.377. The van der Waals surface area contributed by atoms with E-state index in [1.807, 2.05) is 0 Å². The van der Waals surface area contributed by atoms with Crippen LogP contribution in [-0.2, 0) is 9.59 Å². The highest BCUT2D eigenvalue weighted by Crippen LogP contribution is 2.28. The second-order valence-corrected chi connectivity index (χ2v) is 3.46. The van der Waals surface area contributed by atoms with E-state index in [1.54, 1.807) is 6.92 Å². The van der Waals surface area contributed by atoms with Crippen molar-refractivity contribution in [1.82, 2.24) is 0 Å². The fourth-order valence-corrected chi connectivity index (χ4v) is 1.31. The van der Waals surface area contributed by atoms with Crippen molar-refractivity contribution in [1.29, 1.82) is 0 Å². The van der Waals surface area contributed by atoms with Crippen LogP contribution in [0.4, 0.5) is 11.4 Å². The third-order valence-corrected chi connectivity index (χ3v) is 2.19. The first-order chi connectivity index (χ1) is 8.99. The Balaban J connectivity index is 3.04. The third kappa shape index (κ3) is 3.63. The van der Waals surface area contributed by atoms with Gasteiger partial charge in [0.05, 0.1) is 18.1 Å². The van der Waals surface area contributed by atoms with E-state index in [0.717, 1.165) is 12.1 Å². The standard InChI is InChI=1S/C12H12N2O5/c1-3-4-11(15)12(16)13-9-6-5-8(19-2)7-10(9)14(17)18/h3-7H,1-2H3,(H,13,16)/b4-3+. The number of hydrogen-bond acceptors (Lipinski definition) is 5. The van der Waals surface area contributed by atoms with Gasteiger partial charge in [-0.25, -0.2) is 0 Å². The van der Waals surface area contributed by atoms with Crippen LogP contribution in [0.2, 0.25) is 0 Å². The van der Waals surface area contributed by atoms with Gasteiger partial charge < -0.3 is 10.1 Å². The lowest BCUT2D eigenvalue weighted by Crippen LogP contribution is -2.21. The highest BCUT2D eigenvalue weighted by Gasteiger charge is 2.19. The lowest BCUT2D eigenvalue weighted by molar-refractivity contribution is -0.384. The molecule has 0 saturated carbocycles. The summed E-state index contributed by atoms with van der Waals surface area (Å²) in [5.41, 5.74) is -0.408. The van der Waals surface area contributed by atoms with E-state index in [9.17, 15) is 19.7 Å². The van der Waals surface area contributed by atoms with Crippen LogP contribution in [0, 0.1) is 10.1 Å². The monoisotopic (exact) mass is 264 g/mol. The van der Waals surface area contributed by atoms with Gasteiger partial charge in [0.2, 0.25) is 5.78 Å². The van der Waals surface area contributed by atoms with E-state index >= 15 is 0 Å². The van der Waals surface area contributed by atoms with Crippen molar-refractivity contribution < 1.29 is 19.2 Å². The molecule has 1 rings (SSSR count). The molecule has 0 aliphatic rings. The van der Waals surface area contributed by atoms with Gasteiger partial charge in [-0.05, 0) is 25.1 Å². The van der Waals surface area contributed by atoms with E-state index in [-0.39, 0.29) is 17.1 Å². The topological polar surface area (TPSA) is 98.5 Å². The van der Waals surface area contributed by atoms with E-state index < -0.39 is 16.6 Å². The van der Waals surface area contributed by atoms with Gasteiger partial charge >= 0.3 is 0 Å². The summed E-state index contributed by atoms with van der Waals surface area (Å²) in [6.07, 6.45) is 2.48. The van der Waals surface area contributed by atoms with Crippen LogP contribution in [0.25, 0.3) is 0 Å². The second kappa shape index (κ2) is 6.29. The summed E-state index contributed by atoms with van der Waals surface area (Å²) in [5.74, 6) is -1.44. The molecule has 0 radical (unpaired) electrons. The molecule has 19 heavy (non-hydrogen) atoms. The van der Waals surface area contributed by atoms with Gasteiger partial charge in [-0.1, -0.05) is 6.08 Å². The zero-order chi connectivity index (χ0) is 14.4. The molecule has 100 valence electrons. The maximum atomic E-state index is 11.5. The van der Waals surface area contributed by atoms with Crippen molar-refractivity contribution in [3.63, 3.8) is 0 Å². The zero-order valence-electron chi connectivity index (χ0n) is 10.4. The van der Waals surface area contributed by atoms with Gasteiger partial charge in [-0.2, -0.15) is 0 Å². The molecule has 0 aromatic heterocycles. The summed E-state index contributed by atoms with van der Waals surface area (Å²) in [4.78, 5) is 32.9. The molecule has 1 aromatic carbocycles. The molecule has 0 aliphatic heterocycles. The average molecular weight is 264 g/mol. The Bertz CT molecular complexity index is 551. The summed E-state index contributed by atoms with van der Waals surface area (Å²) in [6, 6.07) is 3.91. The number of nitrogens with zero attached hydrogens (tertiary/aromatic N) is 1.